The highest BCUT2D eigenvalue weighted by atomic mass is 79.9. The molecular weight excluding hydrogens is 614 g/mol. The molecule has 0 aromatic heterocycles. The molecule has 2 amide bonds. The predicted molar refractivity (Wildman–Crippen MR) is 162 cm³/mol. The summed E-state index contributed by atoms with van der Waals surface area (Å²) in [5, 5.41) is 3.67. The number of anilines is 1. The molecular formula is C30H33BrClN3O4S. The van der Waals surface area contributed by atoms with E-state index in [0.717, 1.165) is 40.0 Å². The maximum Gasteiger partial charge on any atom is 0.264 e. The second-order valence-electron chi connectivity index (χ2n) is 9.86. The van der Waals surface area contributed by atoms with Crippen LogP contribution in [0, 0.1) is 0 Å². The number of halogens is 2. The quantitative estimate of drug-likeness (QED) is 0.270. The van der Waals surface area contributed by atoms with E-state index in [1.165, 1.54) is 17.0 Å². The normalized spacial score (nSPS) is 14.5. The third-order valence-electron chi connectivity index (χ3n) is 7.08. The lowest BCUT2D eigenvalue weighted by atomic mass is 10.1. The molecule has 3 aromatic rings. The van der Waals surface area contributed by atoms with Crippen LogP contribution in [0.3, 0.4) is 0 Å². The number of nitrogens with one attached hydrogen (secondary N) is 1. The van der Waals surface area contributed by atoms with Crippen molar-refractivity contribution in [2.45, 2.75) is 62.6 Å². The van der Waals surface area contributed by atoms with Gasteiger partial charge in [-0.2, -0.15) is 0 Å². The predicted octanol–water partition coefficient (Wildman–Crippen LogP) is 6.16. The molecule has 0 radical (unpaired) electrons. The highest BCUT2D eigenvalue weighted by molar-refractivity contribution is 9.10. The zero-order valence-electron chi connectivity index (χ0n) is 22.3. The first-order chi connectivity index (χ1) is 19.2. The van der Waals surface area contributed by atoms with Crippen LogP contribution in [-0.4, -0.2) is 43.8 Å². The fourth-order valence-electron chi connectivity index (χ4n) is 4.93. The van der Waals surface area contributed by atoms with Crippen LogP contribution >= 0.6 is 27.5 Å². The molecule has 1 atom stereocenters. The van der Waals surface area contributed by atoms with Crippen LogP contribution in [0.1, 0.15) is 44.6 Å². The average molecular weight is 647 g/mol. The van der Waals surface area contributed by atoms with Crippen LogP contribution in [0.2, 0.25) is 5.02 Å². The minimum Gasteiger partial charge on any atom is -0.352 e. The first-order valence-electron chi connectivity index (χ1n) is 13.4. The Morgan fingerprint density at radius 1 is 0.975 bits per heavy atom. The first-order valence-corrected chi connectivity index (χ1v) is 16.0. The molecule has 1 saturated carbocycles. The second-order valence-corrected chi connectivity index (χ2v) is 13.1. The molecule has 10 heteroatoms. The summed E-state index contributed by atoms with van der Waals surface area (Å²) in [6, 6.07) is 21.1. The van der Waals surface area contributed by atoms with E-state index in [2.05, 4.69) is 21.2 Å². The van der Waals surface area contributed by atoms with Gasteiger partial charge in [0.1, 0.15) is 12.6 Å². The topological polar surface area (TPSA) is 86.8 Å². The van der Waals surface area contributed by atoms with Crippen molar-refractivity contribution in [2.24, 2.45) is 0 Å². The summed E-state index contributed by atoms with van der Waals surface area (Å²) < 4.78 is 29.5. The molecule has 0 saturated heterocycles. The van der Waals surface area contributed by atoms with Crippen LogP contribution in [0.15, 0.2) is 88.2 Å². The van der Waals surface area contributed by atoms with Gasteiger partial charge < -0.3 is 10.2 Å². The third kappa shape index (κ3) is 7.44. The lowest BCUT2D eigenvalue weighted by molar-refractivity contribution is -0.140. The molecule has 0 bridgehead atoms. The van der Waals surface area contributed by atoms with Crippen molar-refractivity contribution in [3.05, 3.63) is 93.9 Å². The van der Waals surface area contributed by atoms with Gasteiger partial charge in [0.25, 0.3) is 10.0 Å². The molecule has 1 aliphatic carbocycles. The maximum atomic E-state index is 14.1. The Balaban J connectivity index is 1.69. The van der Waals surface area contributed by atoms with Gasteiger partial charge >= 0.3 is 0 Å². The zero-order chi connectivity index (χ0) is 28.7. The lowest BCUT2D eigenvalue weighted by Gasteiger charge is -2.33. The minimum absolute atomic E-state index is 0.0704. The minimum atomic E-state index is -4.09. The summed E-state index contributed by atoms with van der Waals surface area (Å²) in [5.74, 6) is -0.705. The SMILES string of the molecule is CCC(C(=O)NC1CCCC1)N(Cc1ccc(Cl)cc1)C(=O)CN(c1ccc(Br)cc1)S(=O)(=O)c1ccccc1. The van der Waals surface area contributed by atoms with Gasteiger partial charge in [-0.3, -0.25) is 13.9 Å². The smallest absolute Gasteiger partial charge is 0.264 e. The van der Waals surface area contributed by atoms with E-state index < -0.39 is 28.5 Å². The maximum absolute atomic E-state index is 14.1. The summed E-state index contributed by atoms with van der Waals surface area (Å²) in [5.41, 5.74) is 1.13. The number of amides is 2. The summed E-state index contributed by atoms with van der Waals surface area (Å²) in [7, 11) is -4.09. The highest BCUT2D eigenvalue weighted by Crippen LogP contribution is 2.27. The molecule has 7 nitrogen and oxygen atoms in total. The van der Waals surface area contributed by atoms with Crippen LogP contribution < -0.4 is 9.62 Å². The van der Waals surface area contributed by atoms with Crippen LogP contribution in [0.5, 0.6) is 0 Å². The van der Waals surface area contributed by atoms with Crippen molar-refractivity contribution in [1.82, 2.24) is 10.2 Å². The van der Waals surface area contributed by atoms with Crippen LogP contribution in [-0.2, 0) is 26.2 Å². The molecule has 40 heavy (non-hydrogen) atoms. The van der Waals surface area contributed by atoms with Gasteiger partial charge in [-0.15, -0.1) is 0 Å². The Bertz CT molecular complexity index is 1400. The summed E-state index contributed by atoms with van der Waals surface area (Å²) >= 11 is 9.47. The number of carbonyl (C=O) groups is 2. The van der Waals surface area contributed by atoms with Crippen molar-refractivity contribution in [3.63, 3.8) is 0 Å². The van der Waals surface area contributed by atoms with E-state index in [1.807, 2.05) is 6.92 Å². The van der Waals surface area contributed by atoms with Gasteiger partial charge in [-0.25, -0.2) is 8.42 Å². The van der Waals surface area contributed by atoms with Gasteiger partial charge in [0, 0.05) is 22.1 Å². The molecule has 0 heterocycles. The lowest BCUT2D eigenvalue weighted by Crippen LogP contribution is -2.53. The molecule has 1 fully saturated rings. The van der Waals surface area contributed by atoms with E-state index >= 15 is 0 Å². The fourth-order valence-corrected chi connectivity index (χ4v) is 6.75. The summed E-state index contributed by atoms with van der Waals surface area (Å²) in [6.07, 6.45) is 4.34. The molecule has 4 rings (SSSR count). The summed E-state index contributed by atoms with van der Waals surface area (Å²) in [6.45, 7) is 1.51. The Morgan fingerprint density at radius 2 is 1.60 bits per heavy atom. The van der Waals surface area contributed by atoms with Gasteiger partial charge in [0.2, 0.25) is 11.8 Å². The average Bonchev–Trinajstić information content (AvgIpc) is 3.46. The number of nitrogens with zero attached hydrogens (tertiary/aromatic N) is 2. The number of carbonyl (C=O) groups excluding carboxylic acids is 2. The standard InChI is InChI=1S/C30H33BrClN3O4S/c1-2-28(30(37)33-25-8-6-7-9-25)34(20-22-12-16-24(32)17-13-22)29(36)21-35(26-18-14-23(31)15-19-26)40(38,39)27-10-4-3-5-11-27/h3-5,10-19,25,28H,2,6-9,20-21H2,1H3,(H,33,37). The number of benzene rings is 3. The van der Waals surface area contributed by atoms with Gasteiger partial charge in [-0.05, 0) is 73.4 Å². The highest BCUT2D eigenvalue weighted by Gasteiger charge is 2.34. The molecule has 0 spiro atoms. The van der Waals surface area contributed by atoms with E-state index in [9.17, 15) is 18.0 Å². The number of hydrogen-bond donors (Lipinski definition) is 1. The van der Waals surface area contributed by atoms with Gasteiger partial charge in [0.15, 0.2) is 0 Å². The number of hydrogen-bond acceptors (Lipinski definition) is 4. The van der Waals surface area contributed by atoms with Crippen LogP contribution in [0.25, 0.3) is 0 Å². The van der Waals surface area contributed by atoms with Gasteiger partial charge in [0.05, 0.1) is 10.6 Å². The van der Waals surface area contributed by atoms with Crippen molar-refractivity contribution < 1.29 is 18.0 Å². The fraction of sp³-hybridized carbons (Fsp3) is 0.333. The molecule has 0 aliphatic heterocycles. The zero-order valence-corrected chi connectivity index (χ0v) is 25.5. The summed E-state index contributed by atoms with van der Waals surface area (Å²) in [4.78, 5) is 29.1. The van der Waals surface area contributed by atoms with Gasteiger partial charge in [-0.1, -0.05) is 77.6 Å². The Kier molecular flexibility index (Phi) is 10.3. The van der Waals surface area contributed by atoms with Crippen LogP contribution in [0.4, 0.5) is 5.69 Å². The van der Waals surface area contributed by atoms with E-state index in [0.29, 0.717) is 17.1 Å². The van der Waals surface area contributed by atoms with Crippen molar-refractivity contribution in [3.8, 4) is 0 Å². The van der Waals surface area contributed by atoms with E-state index in [4.69, 9.17) is 11.6 Å². The second kappa shape index (κ2) is 13.7. The molecule has 3 aromatic carbocycles. The van der Waals surface area contributed by atoms with Crippen molar-refractivity contribution in [2.75, 3.05) is 10.8 Å². The Hall–Kier alpha value is -2.88. The number of sulfonamides is 1. The molecule has 1 N–H and O–H groups in total. The van der Waals surface area contributed by atoms with E-state index in [-0.39, 0.29) is 23.4 Å². The molecule has 212 valence electrons. The van der Waals surface area contributed by atoms with Crippen molar-refractivity contribution >= 4 is 55.1 Å². The Morgan fingerprint density at radius 3 is 2.20 bits per heavy atom. The van der Waals surface area contributed by atoms with E-state index in [1.54, 1.807) is 66.7 Å². The monoisotopic (exact) mass is 645 g/mol. The molecule has 1 unspecified atom stereocenters. The van der Waals surface area contributed by atoms with Crippen molar-refractivity contribution in [1.29, 1.82) is 0 Å². The Labute approximate surface area is 249 Å². The molecule has 1 aliphatic rings. The largest absolute Gasteiger partial charge is 0.352 e. The first kappa shape index (κ1) is 30.1. The third-order valence-corrected chi connectivity index (χ3v) is 9.65. The number of rotatable bonds is 11.